The van der Waals surface area contributed by atoms with Crippen LogP contribution < -0.4 is 0 Å². The van der Waals surface area contributed by atoms with Crippen molar-refractivity contribution < 1.29 is 13.8 Å². The van der Waals surface area contributed by atoms with Gasteiger partial charge in [0.15, 0.2) is 3.77 Å². The van der Waals surface area contributed by atoms with Crippen LogP contribution in [0, 0.1) is 0 Å². The molecule has 0 amide bonds. The average Bonchev–Trinajstić information content (AvgIpc) is 2.05. The molecule has 0 saturated carbocycles. The molecule has 0 rings (SSSR count). The Morgan fingerprint density at radius 3 is 2.08 bits per heavy atom. The van der Waals surface area contributed by atoms with Gasteiger partial charge in [-0.1, -0.05) is 0 Å². The van der Waals surface area contributed by atoms with Crippen LogP contribution in [0.1, 0.15) is 20.8 Å². The number of ether oxygens (including phenoxy) is 1. The Kier molecular flexibility index (Phi) is 9.62. The summed E-state index contributed by atoms with van der Waals surface area (Å²) in [4.78, 5) is 0. The van der Waals surface area contributed by atoms with Crippen LogP contribution in [0.4, 0.5) is 0 Å². The first-order valence-corrected chi connectivity index (χ1v) is 6.62. The lowest BCUT2D eigenvalue weighted by atomic mass is 10.9. The minimum Gasteiger partial charge on any atom is -0.488 e. The zero-order valence-electron chi connectivity index (χ0n) is 8.25. The van der Waals surface area contributed by atoms with E-state index >= 15 is 0 Å². The maximum Gasteiger partial charge on any atom is 0.201 e. The topological polar surface area (TPSA) is 27.7 Å². The largest absolute Gasteiger partial charge is 0.488 e. The second-order valence-corrected chi connectivity index (χ2v) is 4.40. The summed E-state index contributed by atoms with van der Waals surface area (Å²) in [6.07, 6.45) is 0. The van der Waals surface area contributed by atoms with Gasteiger partial charge < -0.3 is 13.8 Å². The Morgan fingerprint density at radius 2 is 1.69 bits per heavy atom. The van der Waals surface area contributed by atoms with Crippen LogP contribution in [0.5, 0.6) is 0 Å². The Balaban J connectivity index is 3.96. The van der Waals surface area contributed by atoms with Crippen molar-refractivity contribution >= 4 is 31.0 Å². The van der Waals surface area contributed by atoms with Crippen molar-refractivity contribution in [2.75, 3.05) is 19.8 Å². The maximum atomic E-state index is 5.38. The van der Waals surface area contributed by atoms with E-state index < -0.39 is 8.38 Å². The summed E-state index contributed by atoms with van der Waals surface area (Å²) < 4.78 is 16.9. The third kappa shape index (κ3) is 7.67. The third-order valence-corrected chi connectivity index (χ3v) is 3.59. The van der Waals surface area contributed by atoms with Crippen molar-refractivity contribution in [2.45, 2.75) is 20.8 Å². The molecule has 0 aliphatic heterocycles. The Labute approximate surface area is 94.9 Å². The maximum absolute atomic E-state index is 5.38. The van der Waals surface area contributed by atoms with Crippen LogP contribution in [-0.4, -0.2) is 19.8 Å². The summed E-state index contributed by atoms with van der Waals surface area (Å²) >= 11 is 2.13. The van der Waals surface area contributed by atoms with Crippen molar-refractivity contribution in [1.29, 1.82) is 0 Å². The van der Waals surface area contributed by atoms with E-state index in [9.17, 15) is 0 Å². The van der Waals surface area contributed by atoms with Gasteiger partial charge in [-0.15, -0.1) is 0 Å². The van der Waals surface area contributed by atoms with Gasteiger partial charge in [-0.05, 0) is 43.4 Å². The van der Waals surface area contributed by atoms with Gasteiger partial charge in [-0.3, -0.25) is 0 Å². The number of halogens is 1. The Bertz CT molecular complexity index is 146. The summed E-state index contributed by atoms with van der Waals surface area (Å²) in [7, 11) is -0.906. The van der Waals surface area contributed by atoms with Gasteiger partial charge in [0.25, 0.3) is 0 Å². The van der Waals surface area contributed by atoms with E-state index in [2.05, 4.69) is 22.6 Å². The lowest BCUT2D eigenvalue weighted by Gasteiger charge is -2.11. The second-order valence-electron chi connectivity index (χ2n) is 1.99. The number of rotatable bonds is 7. The standard InChI is InChI=1S/C8H16IO3P/c1-4-10-8(9)7-13(11-5-2)12-6-3/h7H,4-6H2,1-3H3/b8-7+. The van der Waals surface area contributed by atoms with E-state index in [1.54, 1.807) is 0 Å². The molecule has 0 N–H and O–H groups in total. The molecule has 0 aliphatic rings. The van der Waals surface area contributed by atoms with Gasteiger partial charge in [0, 0.05) is 5.82 Å². The van der Waals surface area contributed by atoms with E-state index in [0.717, 1.165) is 3.77 Å². The lowest BCUT2D eigenvalue weighted by molar-refractivity contribution is 0.258. The molecule has 0 aromatic carbocycles. The number of hydrogen-bond acceptors (Lipinski definition) is 3. The van der Waals surface area contributed by atoms with Gasteiger partial charge in [0.2, 0.25) is 8.38 Å². The normalized spacial score (nSPS) is 12.2. The van der Waals surface area contributed by atoms with Crippen LogP contribution in [0.15, 0.2) is 9.58 Å². The molecular weight excluding hydrogens is 302 g/mol. The van der Waals surface area contributed by atoms with Crippen molar-refractivity contribution in [3.8, 4) is 0 Å². The molecule has 5 heteroatoms. The van der Waals surface area contributed by atoms with Gasteiger partial charge in [0.1, 0.15) is 0 Å². The summed E-state index contributed by atoms with van der Waals surface area (Å²) in [5.74, 6) is 1.90. The van der Waals surface area contributed by atoms with Gasteiger partial charge >= 0.3 is 0 Å². The van der Waals surface area contributed by atoms with Crippen LogP contribution in [0.3, 0.4) is 0 Å². The fraction of sp³-hybridized carbons (Fsp3) is 0.750. The summed E-state index contributed by atoms with van der Waals surface area (Å²) in [6, 6.07) is 0. The molecule has 0 bridgehead atoms. The summed E-state index contributed by atoms with van der Waals surface area (Å²) in [6.45, 7) is 7.87. The molecule has 0 atom stereocenters. The van der Waals surface area contributed by atoms with E-state index in [-0.39, 0.29) is 0 Å². The van der Waals surface area contributed by atoms with Crippen LogP contribution in [0.25, 0.3) is 0 Å². The van der Waals surface area contributed by atoms with Crippen LogP contribution in [0.2, 0.25) is 0 Å². The Morgan fingerprint density at radius 1 is 1.15 bits per heavy atom. The highest BCUT2D eigenvalue weighted by atomic mass is 127. The second kappa shape index (κ2) is 9.19. The monoisotopic (exact) mass is 318 g/mol. The van der Waals surface area contributed by atoms with Crippen LogP contribution in [-0.2, 0) is 13.8 Å². The van der Waals surface area contributed by atoms with Gasteiger partial charge in [0.05, 0.1) is 19.8 Å². The predicted molar refractivity (Wildman–Crippen MR) is 63.9 cm³/mol. The van der Waals surface area contributed by atoms with Crippen molar-refractivity contribution in [3.05, 3.63) is 9.58 Å². The average molecular weight is 318 g/mol. The fourth-order valence-electron chi connectivity index (χ4n) is 0.624. The third-order valence-electron chi connectivity index (χ3n) is 1.00. The first-order valence-electron chi connectivity index (χ1n) is 4.29. The molecule has 3 nitrogen and oxygen atoms in total. The van der Waals surface area contributed by atoms with Crippen molar-refractivity contribution in [2.24, 2.45) is 0 Å². The molecular formula is C8H16IO3P. The molecule has 0 unspecified atom stereocenters. The zero-order chi connectivity index (χ0) is 10.1. The van der Waals surface area contributed by atoms with E-state index in [4.69, 9.17) is 13.8 Å². The highest BCUT2D eigenvalue weighted by Gasteiger charge is 2.06. The van der Waals surface area contributed by atoms with E-state index in [0.29, 0.717) is 19.8 Å². The predicted octanol–water partition coefficient (Wildman–Crippen LogP) is 3.64. The highest BCUT2D eigenvalue weighted by Crippen LogP contribution is 2.41. The zero-order valence-corrected chi connectivity index (χ0v) is 11.3. The molecule has 0 radical (unpaired) electrons. The summed E-state index contributed by atoms with van der Waals surface area (Å²) in [5.41, 5.74) is 0. The van der Waals surface area contributed by atoms with Gasteiger partial charge in [-0.2, -0.15) is 0 Å². The fourth-order valence-corrected chi connectivity index (χ4v) is 2.59. The van der Waals surface area contributed by atoms with Crippen LogP contribution >= 0.6 is 31.0 Å². The minimum atomic E-state index is -0.906. The summed E-state index contributed by atoms with van der Waals surface area (Å²) in [5, 5.41) is 0. The minimum absolute atomic E-state index is 0.665. The van der Waals surface area contributed by atoms with E-state index in [1.807, 2.05) is 26.6 Å². The molecule has 0 fully saturated rings. The molecule has 13 heavy (non-hydrogen) atoms. The highest BCUT2D eigenvalue weighted by molar-refractivity contribution is 14.1. The molecule has 0 spiro atoms. The molecule has 78 valence electrons. The van der Waals surface area contributed by atoms with Gasteiger partial charge in [-0.25, -0.2) is 0 Å². The number of hydrogen-bond donors (Lipinski definition) is 0. The van der Waals surface area contributed by atoms with E-state index in [1.165, 1.54) is 0 Å². The van der Waals surface area contributed by atoms with Crippen molar-refractivity contribution in [3.63, 3.8) is 0 Å². The quantitative estimate of drug-likeness (QED) is 0.407. The molecule has 0 aromatic rings. The SMILES string of the molecule is CCO/C(I)=C/P(OCC)OCC. The Hall–Kier alpha value is 0.620. The first kappa shape index (κ1) is 13.6. The lowest BCUT2D eigenvalue weighted by Crippen LogP contribution is -1.90. The smallest absolute Gasteiger partial charge is 0.201 e. The molecule has 0 aliphatic carbocycles. The first-order chi connectivity index (χ1) is 6.24. The van der Waals surface area contributed by atoms with Crippen molar-refractivity contribution in [1.82, 2.24) is 0 Å². The molecule has 0 heterocycles. The molecule has 0 aromatic heterocycles. The molecule has 0 saturated heterocycles.